The first kappa shape index (κ1) is 15.3. The summed E-state index contributed by atoms with van der Waals surface area (Å²) in [4.78, 5) is 4.64. The van der Waals surface area contributed by atoms with Crippen LogP contribution in [0.25, 0.3) is 0 Å². The normalized spacial score (nSPS) is 12.5. The van der Waals surface area contributed by atoms with E-state index in [4.69, 9.17) is 0 Å². The second-order valence-corrected chi connectivity index (χ2v) is 6.50. The van der Waals surface area contributed by atoms with Crippen LogP contribution in [0.15, 0.2) is 47.5 Å². The number of phenolic OH excluding ortho intramolecular Hbond substituents is 1. The van der Waals surface area contributed by atoms with Gasteiger partial charge < -0.3 is 5.11 Å². The second-order valence-electron chi connectivity index (χ2n) is 6.50. The third kappa shape index (κ3) is 3.72. The van der Waals surface area contributed by atoms with Gasteiger partial charge in [0, 0.05) is 11.8 Å². The minimum atomic E-state index is 0.158. The first-order valence-corrected chi connectivity index (χ1v) is 7.23. The van der Waals surface area contributed by atoms with Crippen LogP contribution in [-0.2, 0) is 5.41 Å². The van der Waals surface area contributed by atoms with E-state index in [0.717, 1.165) is 22.5 Å². The number of hydrogen-bond donors (Lipinski definition) is 1. The molecule has 2 rings (SSSR count). The number of rotatable bonds is 2. The third-order valence-corrected chi connectivity index (χ3v) is 3.65. The molecule has 21 heavy (non-hydrogen) atoms. The van der Waals surface area contributed by atoms with Gasteiger partial charge in [0.05, 0.1) is 5.69 Å². The molecule has 0 radical (unpaired) electrons. The Morgan fingerprint density at radius 2 is 1.62 bits per heavy atom. The summed E-state index contributed by atoms with van der Waals surface area (Å²) in [7, 11) is 0. The Morgan fingerprint density at radius 1 is 1.00 bits per heavy atom. The Hall–Kier alpha value is -2.09. The first-order valence-electron chi connectivity index (χ1n) is 7.23. The molecule has 110 valence electrons. The topological polar surface area (TPSA) is 32.6 Å². The highest BCUT2D eigenvalue weighted by atomic mass is 16.3. The van der Waals surface area contributed by atoms with Crippen LogP contribution >= 0.6 is 0 Å². The van der Waals surface area contributed by atoms with E-state index in [-0.39, 0.29) is 11.2 Å². The lowest BCUT2D eigenvalue weighted by atomic mass is 9.86. The maximum absolute atomic E-state index is 9.58. The van der Waals surface area contributed by atoms with Gasteiger partial charge in [-0.25, -0.2) is 0 Å². The Bertz CT molecular complexity index is 661. The first-order chi connectivity index (χ1) is 9.77. The predicted octanol–water partition coefficient (Wildman–Crippen LogP) is 5.14. The highest BCUT2D eigenvalue weighted by Crippen LogP contribution is 2.26. The maximum atomic E-state index is 9.58. The fourth-order valence-corrected chi connectivity index (χ4v) is 2.17. The van der Waals surface area contributed by atoms with Gasteiger partial charge in [-0.3, -0.25) is 4.99 Å². The SMILES string of the molecule is CC(=Nc1cc(O)ccc1C)c1ccc(C(C)(C)C)cc1. The van der Waals surface area contributed by atoms with Crippen molar-refractivity contribution in [1.82, 2.24) is 0 Å². The molecule has 0 bridgehead atoms. The van der Waals surface area contributed by atoms with Crippen molar-refractivity contribution in [2.75, 3.05) is 0 Å². The smallest absolute Gasteiger partial charge is 0.117 e. The number of hydrogen-bond acceptors (Lipinski definition) is 2. The van der Waals surface area contributed by atoms with E-state index in [1.54, 1.807) is 12.1 Å². The minimum absolute atomic E-state index is 0.158. The summed E-state index contributed by atoms with van der Waals surface area (Å²) in [5.41, 5.74) is 5.39. The van der Waals surface area contributed by atoms with Crippen molar-refractivity contribution in [2.45, 2.75) is 40.0 Å². The molecule has 0 amide bonds. The largest absolute Gasteiger partial charge is 0.508 e. The number of benzene rings is 2. The average molecular weight is 281 g/mol. The maximum Gasteiger partial charge on any atom is 0.117 e. The molecule has 0 unspecified atom stereocenters. The molecule has 0 saturated carbocycles. The zero-order valence-electron chi connectivity index (χ0n) is 13.4. The van der Waals surface area contributed by atoms with Crippen LogP contribution in [0.4, 0.5) is 5.69 Å². The molecule has 2 nitrogen and oxygen atoms in total. The Labute approximate surface area is 127 Å². The van der Waals surface area contributed by atoms with E-state index in [0.29, 0.717) is 0 Å². The summed E-state index contributed by atoms with van der Waals surface area (Å²) >= 11 is 0. The molecule has 0 fully saturated rings. The molecule has 2 aromatic rings. The van der Waals surface area contributed by atoms with Crippen LogP contribution in [0.1, 0.15) is 44.4 Å². The van der Waals surface area contributed by atoms with Crippen LogP contribution in [0.5, 0.6) is 5.75 Å². The van der Waals surface area contributed by atoms with E-state index in [9.17, 15) is 5.11 Å². The summed E-state index contributed by atoms with van der Waals surface area (Å²) in [6, 6.07) is 13.8. The molecule has 1 N–H and O–H groups in total. The van der Waals surface area contributed by atoms with Crippen LogP contribution in [0.2, 0.25) is 0 Å². The number of aliphatic imine (C=N–C) groups is 1. The van der Waals surface area contributed by atoms with E-state index < -0.39 is 0 Å². The van der Waals surface area contributed by atoms with Gasteiger partial charge in [-0.2, -0.15) is 0 Å². The lowest BCUT2D eigenvalue weighted by Crippen LogP contribution is -2.11. The fourth-order valence-electron chi connectivity index (χ4n) is 2.17. The molecule has 2 aromatic carbocycles. The van der Waals surface area contributed by atoms with Crippen molar-refractivity contribution in [3.63, 3.8) is 0 Å². The molecule has 0 aliphatic rings. The number of aryl methyl sites for hydroxylation is 1. The van der Waals surface area contributed by atoms with Crippen molar-refractivity contribution in [1.29, 1.82) is 0 Å². The van der Waals surface area contributed by atoms with Crippen LogP contribution < -0.4 is 0 Å². The van der Waals surface area contributed by atoms with Crippen molar-refractivity contribution < 1.29 is 5.11 Å². The molecule has 0 aliphatic heterocycles. The Morgan fingerprint density at radius 3 is 2.19 bits per heavy atom. The van der Waals surface area contributed by atoms with Gasteiger partial charge in [-0.1, -0.05) is 51.1 Å². The van der Waals surface area contributed by atoms with Gasteiger partial charge in [-0.15, -0.1) is 0 Å². The highest BCUT2D eigenvalue weighted by Gasteiger charge is 2.13. The molecule has 0 saturated heterocycles. The van der Waals surface area contributed by atoms with E-state index in [1.165, 1.54) is 5.56 Å². The van der Waals surface area contributed by atoms with E-state index >= 15 is 0 Å². The van der Waals surface area contributed by atoms with E-state index in [1.807, 2.05) is 19.9 Å². The summed E-state index contributed by atoms with van der Waals surface area (Å²) < 4.78 is 0. The summed E-state index contributed by atoms with van der Waals surface area (Å²) in [5, 5.41) is 9.58. The molecule has 2 heteroatoms. The molecule has 0 aliphatic carbocycles. The summed E-state index contributed by atoms with van der Waals surface area (Å²) in [6.45, 7) is 10.6. The zero-order valence-corrected chi connectivity index (χ0v) is 13.4. The van der Waals surface area contributed by atoms with Gasteiger partial charge in [-0.05, 0) is 42.0 Å². The van der Waals surface area contributed by atoms with Crippen molar-refractivity contribution >= 4 is 11.4 Å². The average Bonchev–Trinajstić information content (AvgIpc) is 2.42. The lowest BCUT2D eigenvalue weighted by molar-refractivity contribution is 0.475. The Balaban J connectivity index is 2.33. The third-order valence-electron chi connectivity index (χ3n) is 3.65. The van der Waals surface area contributed by atoms with Crippen molar-refractivity contribution in [3.8, 4) is 5.75 Å². The molecular formula is C19H23NO. The van der Waals surface area contributed by atoms with Crippen LogP contribution in [0, 0.1) is 6.92 Å². The monoisotopic (exact) mass is 281 g/mol. The van der Waals surface area contributed by atoms with Crippen LogP contribution in [-0.4, -0.2) is 10.8 Å². The zero-order chi connectivity index (χ0) is 15.6. The van der Waals surface area contributed by atoms with Gasteiger partial charge in [0.15, 0.2) is 0 Å². The van der Waals surface area contributed by atoms with Gasteiger partial charge >= 0.3 is 0 Å². The van der Waals surface area contributed by atoms with Crippen molar-refractivity contribution in [3.05, 3.63) is 59.2 Å². The molecule has 0 aromatic heterocycles. The lowest BCUT2D eigenvalue weighted by Gasteiger charge is -2.19. The van der Waals surface area contributed by atoms with Gasteiger partial charge in [0.2, 0.25) is 0 Å². The number of aromatic hydroxyl groups is 1. The van der Waals surface area contributed by atoms with E-state index in [2.05, 4.69) is 50.0 Å². The fraction of sp³-hybridized carbons (Fsp3) is 0.316. The number of nitrogens with zero attached hydrogens (tertiary/aromatic N) is 1. The quantitative estimate of drug-likeness (QED) is 0.760. The molecule has 0 spiro atoms. The highest BCUT2D eigenvalue weighted by molar-refractivity contribution is 6.00. The summed E-state index contributed by atoms with van der Waals surface area (Å²) in [6.07, 6.45) is 0. The van der Waals surface area contributed by atoms with Gasteiger partial charge in [0.25, 0.3) is 0 Å². The summed E-state index contributed by atoms with van der Waals surface area (Å²) in [5.74, 6) is 0.246. The second kappa shape index (κ2) is 5.72. The number of phenols is 1. The molecule has 0 heterocycles. The Kier molecular flexibility index (Phi) is 4.17. The van der Waals surface area contributed by atoms with Gasteiger partial charge in [0.1, 0.15) is 5.75 Å². The predicted molar refractivity (Wildman–Crippen MR) is 89.9 cm³/mol. The van der Waals surface area contributed by atoms with Crippen molar-refractivity contribution in [2.24, 2.45) is 4.99 Å². The molecular weight excluding hydrogens is 258 g/mol. The van der Waals surface area contributed by atoms with Crippen LogP contribution in [0.3, 0.4) is 0 Å². The standard InChI is InChI=1S/C19H23NO/c1-13-6-11-17(21)12-18(13)20-14(2)15-7-9-16(10-8-15)19(3,4)5/h6-12,21H,1-5H3. The molecule has 0 atom stereocenters. The minimum Gasteiger partial charge on any atom is -0.508 e.